The molecule has 1 aliphatic carbocycles. The van der Waals surface area contributed by atoms with Gasteiger partial charge in [-0.15, -0.1) is 0 Å². The van der Waals surface area contributed by atoms with E-state index in [9.17, 15) is 21.6 Å². The molecule has 1 N–H and O–H groups in total. The summed E-state index contributed by atoms with van der Waals surface area (Å²) in [7, 11) is -3.57. The molecule has 0 unspecified atom stereocenters. The maximum absolute atomic E-state index is 12.5. The van der Waals surface area contributed by atoms with Gasteiger partial charge >= 0.3 is 6.18 Å². The molecule has 100 valence electrons. The normalized spacial score (nSPS) is 16.7. The Morgan fingerprint density at radius 2 is 1.89 bits per heavy atom. The Labute approximate surface area is 111 Å². The molecule has 0 aromatic heterocycles. The van der Waals surface area contributed by atoms with E-state index in [0.29, 0.717) is 12.8 Å². The quantitative estimate of drug-likeness (QED) is 0.914. The van der Waals surface area contributed by atoms with Crippen LogP contribution in [-0.2, 0) is 16.2 Å². The van der Waals surface area contributed by atoms with E-state index in [1.54, 1.807) is 0 Å². The number of rotatable bonds is 3. The number of sulfonamides is 1. The van der Waals surface area contributed by atoms with Crippen molar-refractivity contribution in [2.75, 3.05) is 4.72 Å². The predicted molar refractivity (Wildman–Crippen MR) is 64.7 cm³/mol. The van der Waals surface area contributed by atoms with Gasteiger partial charge in [0.15, 0.2) is 0 Å². The molecule has 0 radical (unpaired) electrons. The van der Waals surface area contributed by atoms with Crippen molar-refractivity contribution in [1.82, 2.24) is 0 Å². The lowest BCUT2D eigenvalue weighted by Crippen LogP contribution is -2.18. The smallest absolute Gasteiger partial charge is 0.282 e. The van der Waals surface area contributed by atoms with E-state index in [0.717, 1.165) is 12.1 Å². The van der Waals surface area contributed by atoms with Crippen LogP contribution >= 0.6 is 15.9 Å². The Balaban J connectivity index is 2.32. The highest BCUT2D eigenvalue weighted by atomic mass is 79.9. The van der Waals surface area contributed by atoms with E-state index in [-0.39, 0.29) is 10.2 Å². The van der Waals surface area contributed by atoms with Gasteiger partial charge in [-0.2, -0.15) is 13.2 Å². The van der Waals surface area contributed by atoms with E-state index < -0.39 is 27.0 Å². The molecule has 1 aromatic carbocycles. The van der Waals surface area contributed by atoms with Crippen LogP contribution < -0.4 is 4.72 Å². The van der Waals surface area contributed by atoms with Gasteiger partial charge in [0, 0.05) is 4.47 Å². The number of halogens is 4. The molecule has 1 aliphatic rings. The Bertz CT molecular complexity index is 567. The molecular formula is C10H9BrF3NO2S. The molecule has 2 rings (SSSR count). The van der Waals surface area contributed by atoms with Crippen LogP contribution in [0.2, 0.25) is 0 Å². The third-order valence-corrected chi connectivity index (χ3v) is 5.05. The SMILES string of the molecule is O=S(=O)(Nc1cc(C(F)(F)F)ccc1Br)C1CC1. The maximum Gasteiger partial charge on any atom is 0.416 e. The summed E-state index contributed by atoms with van der Waals surface area (Å²) in [4.78, 5) is 0. The Morgan fingerprint density at radius 3 is 2.39 bits per heavy atom. The molecule has 0 amide bonds. The summed E-state index contributed by atoms with van der Waals surface area (Å²) in [6.45, 7) is 0. The molecule has 0 bridgehead atoms. The maximum atomic E-state index is 12.5. The van der Waals surface area contributed by atoms with Crippen molar-refractivity contribution in [3.05, 3.63) is 28.2 Å². The van der Waals surface area contributed by atoms with Crippen LogP contribution in [0.15, 0.2) is 22.7 Å². The van der Waals surface area contributed by atoms with Crippen LogP contribution in [0.5, 0.6) is 0 Å². The minimum absolute atomic E-state index is 0.0864. The molecule has 8 heteroatoms. The first kappa shape index (κ1) is 13.7. The summed E-state index contributed by atoms with van der Waals surface area (Å²) in [5.74, 6) is 0. The first-order chi connectivity index (χ1) is 8.20. The van der Waals surface area contributed by atoms with E-state index in [4.69, 9.17) is 0 Å². The van der Waals surface area contributed by atoms with Gasteiger partial charge in [-0.1, -0.05) is 0 Å². The first-order valence-corrected chi connectivity index (χ1v) is 7.42. The topological polar surface area (TPSA) is 46.2 Å². The molecular weight excluding hydrogens is 335 g/mol. The number of nitrogens with one attached hydrogen (secondary N) is 1. The molecule has 1 fully saturated rings. The number of hydrogen-bond acceptors (Lipinski definition) is 2. The van der Waals surface area contributed by atoms with E-state index in [2.05, 4.69) is 20.7 Å². The molecule has 1 saturated carbocycles. The van der Waals surface area contributed by atoms with Crippen molar-refractivity contribution in [3.63, 3.8) is 0 Å². The van der Waals surface area contributed by atoms with Gasteiger partial charge in [0.25, 0.3) is 0 Å². The summed E-state index contributed by atoms with van der Waals surface area (Å²) in [6.07, 6.45) is -3.40. The van der Waals surface area contributed by atoms with Gasteiger partial charge in [-0.25, -0.2) is 8.42 Å². The fourth-order valence-electron chi connectivity index (χ4n) is 1.39. The van der Waals surface area contributed by atoms with Crippen LogP contribution in [-0.4, -0.2) is 13.7 Å². The van der Waals surface area contributed by atoms with Crippen LogP contribution in [0.3, 0.4) is 0 Å². The van der Waals surface area contributed by atoms with Crippen LogP contribution in [0.4, 0.5) is 18.9 Å². The Kier molecular flexibility index (Phi) is 3.35. The predicted octanol–water partition coefficient (Wildman–Crippen LogP) is 3.37. The highest BCUT2D eigenvalue weighted by Gasteiger charge is 2.37. The Morgan fingerprint density at radius 1 is 1.28 bits per heavy atom. The van der Waals surface area contributed by atoms with Gasteiger partial charge in [0.2, 0.25) is 10.0 Å². The first-order valence-electron chi connectivity index (χ1n) is 5.08. The summed E-state index contributed by atoms with van der Waals surface area (Å²) in [5.41, 5.74) is -0.976. The van der Waals surface area contributed by atoms with Gasteiger partial charge in [0.1, 0.15) is 0 Å². The zero-order valence-corrected chi connectivity index (χ0v) is 11.4. The fraction of sp³-hybridized carbons (Fsp3) is 0.400. The molecule has 0 aliphatic heterocycles. The van der Waals surface area contributed by atoms with E-state index >= 15 is 0 Å². The summed E-state index contributed by atoms with van der Waals surface area (Å²) < 4.78 is 63.3. The summed E-state index contributed by atoms with van der Waals surface area (Å²) in [6, 6.07) is 2.84. The fourth-order valence-corrected chi connectivity index (χ4v) is 3.27. The lowest BCUT2D eigenvalue weighted by atomic mass is 10.2. The molecule has 0 atom stereocenters. The second-order valence-electron chi connectivity index (χ2n) is 4.04. The van der Waals surface area contributed by atoms with Crippen molar-refractivity contribution in [3.8, 4) is 0 Å². The average Bonchev–Trinajstić information content (AvgIpc) is 3.02. The van der Waals surface area contributed by atoms with Gasteiger partial charge in [0.05, 0.1) is 16.5 Å². The molecule has 18 heavy (non-hydrogen) atoms. The van der Waals surface area contributed by atoms with E-state index in [1.165, 1.54) is 6.07 Å². The number of hydrogen-bond donors (Lipinski definition) is 1. The standard InChI is InChI=1S/C10H9BrF3NO2S/c11-8-4-1-6(10(12,13)14)5-9(8)15-18(16,17)7-2-3-7/h1,4-5,7,15H,2-3H2. The van der Waals surface area contributed by atoms with Crippen LogP contribution in [0.25, 0.3) is 0 Å². The molecule has 0 heterocycles. The summed E-state index contributed by atoms with van der Waals surface area (Å²) in [5, 5.41) is -0.487. The van der Waals surface area contributed by atoms with Crippen molar-refractivity contribution < 1.29 is 21.6 Å². The number of benzene rings is 1. The lowest BCUT2D eigenvalue weighted by Gasteiger charge is -2.12. The molecule has 0 saturated heterocycles. The zero-order chi connectivity index (χ0) is 13.6. The largest absolute Gasteiger partial charge is 0.416 e. The zero-order valence-electron chi connectivity index (χ0n) is 8.96. The average molecular weight is 344 g/mol. The van der Waals surface area contributed by atoms with E-state index in [1.807, 2.05) is 0 Å². The van der Waals surface area contributed by atoms with Crippen LogP contribution in [0, 0.1) is 0 Å². The monoisotopic (exact) mass is 343 g/mol. The minimum atomic E-state index is -4.50. The van der Waals surface area contributed by atoms with Crippen molar-refractivity contribution in [1.29, 1.82) is 0 Å². The van der Waals surface area contributed by atoms with Gasteiger partial charge < -0.3 is 0 Å². The van der Waals surface area contributed by atoms with Crippen LogP contribution in [0.1, 0.15) is 18.4 Å². The second-order valence-corrected chi connectivity index (χ2v) is 6.85. The number of anilines is 1. The van der Waals surface area contributed by atoms with Crippen molar-refractivity contribution in [2.45, 2.75) is 24.3 Å². The highest BCUT2D eigenvalue weighted by Crippen LogP contribution is 2.36. The Hall–Kier alpha value is -0.760. The molecule has 0 spiro atoms. The highest BCUT2D eigenvalue weighted by molar-refractivity contribution is 9.10. The summed E-state index contributed by atoms with van der Waals surface area (Å²) >= 11 is 3.03. The van der Waals surface area contributed by atoms with Crippen molar-refractivity contribution >= 4 is 31.6 Å². The second kappa shape index (κ2) is 4.41. The van der Waals surface area contributed by atoms with Gasteiger partial charge in [-0.3, -0.25) is 4.72 Å². The van der Waals surface area contributed by atoms with Crippen molar-refractivity contribution in [2.24, 2.45) is 0 Å². The van der Waals surface area contributed by atoms with Gasteiger partial charge in [-0.05, 0) is 47.0 Å². The lowest BCUT2D eigenvalue weighted by molar-refractivity contribution is -0.137. The third kappa shape index (κ3) is 2.97. The molecule has 3 nitrogen and oxygen atoms in total. The minimum Gasteiger partial charge on any atom is -0.282 e. The number of alkyl halides is 3. The third-order valence-electron chi connectivity index (χ3n) is 2.51. The molecule has 1 aromatic rings.